The third-order valence-electron chi connectivity index (χ3n) is 3.08. The molecule has 0 unspecified atom stereocenters. The molecule has 1 aromatic carbocycles. The molecule has 0 bridgehead atoms. The number of hydrogen-bond acceptors (Lipinski definition) is 3. The summed E-state index contributed by atoms with van der Waals surface area (Å²) in [6.07, 6.45) is 4.24. The van der Waals surface area contributed by atoms with Gasteiger partial charge in [-0.1, -0.05) is 41.4 Å². The SMILES string of the molecule is CCCOc1ccc(Br)cc1C=C(CC)CNCCOC. The fraction of sp³-hybridized carbons (Fsp3) is 0.529. The molecule has 0 saturated heterocycles. The average Bonchev–Trinajstić information content (AvgIpc) is 2.49. The number of hydrogen-bond donors (Lipinski definition) is 1. The van der Waals surface area contributed by atoms with Gasteiger partial charge in [-0.3, -0.25) is 0 Å². The maximum atomic E-state index is 5.82. The van der Waals surface area contributed by atoms with Gasteiger partial charge < -0.3 is 14.8 Å². The second kappa shape index (κ2) is 10.8. The highest BCUT2D eigenvalue weighted by Crippen LogP contribution is 2.26. The maximum Gasteiger partial charge on any atom is 0.126 e. The number of nitrogens with one attached hydrogen (secondary N) is 1. The summed E-state index contributed by atoms with van der Waals surface area (Å²) >= 11 is 3.53. The first-order valence-electron chi connectivity index (χ1n) is 7.52. The Balaban J connectivity index is 2.79. The van der Waals surface area contributed by atoms with E-state index in [1.54, 1.807) is 7.11 Å². The molecule has 0 spiro atoms. The molecule has 0 radical (unpaired) electrons. The van der Waals surface area contributed by atoms with Gasteiger partial charge in [0, 0.05) is 30.2 Å². The van der Waals surface area contributed by atoms with Crippen LogP contribution in [0, 0.1) is 0 Å². The average molecular weight is 356 g/mol. The van der Waals surface area contributed by atoms with Crippen LogP contribution in [0.15, 0.2) is 28.2 Å². The van der Waals surface area contributed by atoms with Gasteiger partial charge in [0.15, 0.2) is 0 Å². The van der Waals surface area contributed by atoms with E-state index in [0.29, 0.717) is 0 Å². The quantitative estimate of drug-likeness (QED) is 0.635. The number of halogens is 1. The highest BCUT2D eigenvalue weighted by Gasteiger charge is 2.04. The summed E-state index contributed by atoms with van der Waals surface area (Å²) in [6, 6.07) is 6.15. The summed E-state index contributed by atoms with van der Waals surface area (Å²) in [5.41, 5.74) is 2.48. The summed E-state index contributed by atoms with van der Waals surface area (Å²) < 4.78 is 11.9. The normalized spacial score (nSPS) is 11.7. The Morgan fingerprint density at radius 1 is 1.29 bits per heavy atom. The minimum absolute atomic E-state index is 0.735. The van der Waals surface area contributed by atoms with Crippen molar-refractivity contribution in [2.45, 2.75) is 26.7 Å². The number of methoxy groups -OCH3 is 1. The Labute approximate surface area is 136 Å². The lowest BCUT2D eigenvalue weighted by Gasteiger charge is -2.11. The summed E-state index contributed by atoms with van der Waals surface area (Å²) in [7, 11) is 1.72. The molecular weight excluding hydrogens is 330 g/mol. The molecule has 0 fully saturated rings. The fourth-order valence-electron chi connectivity index (χ4n) is 1.90. The van der Waals surface area contributed by atoms with Gasteiger partial charge in [0.05, 0.1) is 13.2 Å². The van der Waals surface area contributed by atoms with E-state index >= 15 is 0 Å². The van der Waals surface area contributed by atoms with Crippen molar-refractivity contribution >= 4 is 22.0 Å². The number of benzene rings is 1. The largest absolute Gasteiger partial charge is 0.493 e. The highest BCUT2D eigenvalue weighted by atomic mass is 79.9. The van der Waals surface area contributed by atoms with E-state index < -0.39 is 0 Å². The topological polar surface area (TPSA) is 30.5 Å². The lowest BCUT2D eigenvalue weighted by molar-refractivity contribution is 0.200. The second-order valence-corrected chi connectivity index (χ2v) is 5.77. The molecular formula is C17H26BrNO2. The van der Waals surface area contributed by atoms with Crippen molar-refractivity contribution in [3.63, 3.8) is 0 Å². The third kappa shape index (κ3) is 7.11. The summed E-state index contributed by atoms with van der Waals surface area (Å²) in [4.78, 5) is 0. The predicted molar refractivity (Wildman–Crippen MR) is 92.9 cm³/mol. The van der Waals surface area contributed by atoms with Gasteiger partial charge in [0.2, 0.25) is 0 Å². The molecule has 0 aromatic heterocycles. The number of ether oxygens (including phenoxy) is 2. The molecule has 118 valence electrons. The van der Waals surface area contributed by atoms with Crippen molar-refractivity contribution in [3.8, 4) is 5.75 Å². The van der Waals surface area contributed by atoms with E-state index in [1.807, 2.05) is 12.1 Å². The molecule has 1 N–H and O–H groups in total. The zero-order chi connectivity index (χ0) is 15.5. The first kappa shape index (κ1) is 18.2. The summed E-state index contributed by atoms with van der Waals surface area (Å²) in [6.45, 7) is 7.51. The molecule has 0 aliphatic carbocycles. The first-order chi connectivity index (χ1) is 10.2. The molecule has 4 heteroatoms. The standard InChI is InChI=1S/C17H26BrNO2/c1-4-9-21-17-7-6-16(18)12-15(17)11-14(5-2)13-19-8-10-20-3/h6-7,11-12,19H,4-5,8-10,13H2,1-3H3. The van der Waals surface area contributed by atoms with Crippen LogP contribution in [0.25, 0.3) is 6.08 Å². The smallest absolute Gasteiger partial charge is 0.126 e. The van der Waals surface area contributed by atoms with E-state index in [2.05, 4.69) is 47.2 Å². The van der Waals surface area contributed by atoms with E-state index in [4.69, 9.17) is 9.47 Å². The Morgan fingerprint density at radius 3 is 2.76 bits per heavy atom. The van der Waals surface area contributed by atoms with Crippen molar-refractivity contribution in [1.82, 2.24) is 5.32 Å². The second-order valence-electron chi connectivity index (χ2n) is 4.86. The molecule has 0 atom stereocenters. The van der Waals surface area contributed by atoms with Crippen LogP contribution in [-0.4, -0.2) is 33.4 Å². The van der Waals surface area contributed by atoms with Crippen molar-refractivity contribution in [1.29, 1.82) is 0 Å². The van der Waals surface area contributed by atoms with Crippen LogP contribution in [0.1, 0.15) is 32.3 Å². The van der Waals surface area contributed by atoms with E-state index in [-0.39, 0.29) is 0 Å². The monoisotopic (exact) mass is 355 g/mol. The Hall–Kier alpha value is -0.840. The van der Waals surface area contributed by atoms with Gasteiger partial charge in [-0.05, 0) is 31.0 Å². The third-order valence-corrected chi connectivity index (χ3v) is 3.58. The molecule has 0 aliphatic heterocycles. The van der Waals surface area contributed by atoms with Crippen LogP contribution in [0.2, 0.25) is 0 Å². The maximum absolute atomic E-state index is 5.82. The van der Waals surface area contributed by atoms with Crippen molar-refractivity contribution < 1.29 is 9.47 Å². The van der Waals surface area contributed by atoms with Crippen LogP contribution in [-0.2, 0) is 4.74 Å². The molecule has 3 nitrogen and oxygen atoms in total. The van der Waals surface area contributed by atoms with Gasteiger partial charge in [0.1, 0.15) is 5.75 Å². The molecule has 0 amide bonds. The molecule has 0 aliphatic rings. The van der Waals surface area contributed by atoms with Gasteiger partial charge in [-0.2, -0.15) is 0 Å². The van der Waals surface area contributed by atoms with Crippen LogP contribution < -0.4 is 10.1 Å². The highest BCUT2D eigenvalue weighted by molar-refractivity contribution is 9.10. The van der Waals surface area contributed by atoms with Crippen molar-refractivity contribution in [2.24, 2.45) is 0 Å². The van der Waals surface area contributed by atoms with E-state index in [9.17, 15) is 0 Å². The zero-order valence-electron chi connectivity index (χ0n) is 13.2. The molecule has 1 rings (SSSR count). The summed E-state index contributed by atoms with van der Waals surface area (Å²) in [5.74, 6) is 0.947. The van der Waals surface area contributed by atoms with E-state index in [0.717, 1.165) is 54.9 Å². The lowest BCUT2D eigenvalue weighted by atomic mass is 10.1. The van der Waals surface area contributed by atoms with Crippen molar-refractivity contribution in [3.05, 3.63) is 33.8 Å². The first-order valence-corrected chi connectivity index (χ1v) is 8.32. The minimum Gasteiger partial charge on any atom is -0.493 e. The number of rotatable bonds is 10. The Morgan fingerprint density at radius 2 is 2.10 bits per heavy atom. The van der Waals surface area contributed by atoms with Crippen LogP contribution in [0.5, 0.6) is 5.75 Å². The van der Waals surface area contributed by atoms with Crippen LogP contribution in [0.3, 0.4) is 0 Å². The molecule has 21 heavy (non-hydrogen) atoms. The van der Waals surface area contributed by atoms with Gasteiger partial charge in [-0.25, -0.2) is 0 Å². The lowest BCUT2D eigenvalue weighted by Crippen LogP contribution is -2.21. The summed E-state index contributed by atoms with van der Waals surface area (Å²) in [5, 5.41) is 3.39. The van der Waals surface area contributed by atoms with Gasteiger partial charge in [0.25, 0.3) is 0 Å². The molecule has 0 heterocycles. The predicted octanol–water partition coefficient (Wildman–Crippen LogP) is 4.27. The van der Waals surface area contributed by atoms with Crippen LogP contribution >= 0.6 is 15.9 Å². The van der Waals surface area contributed by atoms with Crippen LogP contribution in [0.4, 0.5) is 0 Å². The Bertz CT molecular complexity index is 446. The molecule has 0 saturated carbocycles. The zero-order valence-corrected chi connectivity index (χ0v) is 14.8. The van der Waals surface area contributed by atoms with Gasteiger partial charge in [-0.15, -0.1) is 0 Å². The van der Waals surface area contributed by atoms with Crippen molar-refractivity contribution in [2.75, 3.05) is 33.4 Å². The molecule has 1 aromatic rings. The fourth-order valence-corrected chi connectivity index (χ4v) is 2.28. The Kier molecular flexibility index (Phi) is 9.39. The minimum atomic E-state index is 0.735. The van der Waals surface area contributed by atoms with E-state index in [1.165, 1.54) is 5.57 Å². The van der Waals surface area contributed by atoms with Gasteiger partial charge >= 0.3 is 0 Å².